The van der Waals surface area contributed by atoms with Gasteiger partial charge in [0.15, 0.2) is 5.11 Å². The zero-order valence-electron chi connectivity index (χ0n) is 12.4. The highest BCUT2D eigenvalue weighted by Gasteiger charge is 2.13. The first-order chi connectivity index (χ1) is 10.2. The van der Waals surface area contributed by atoms with Crippen LogP contribution in [0.5, 0.6) is 0 Å². The smallest absolute Gasteiger partial charge is 0.170 e. The minimum Gasteiger partial charge on any atom is -0.361 e. The van der Waals surface area contributed by atoms with Crippen molar-refractivity contribution in [3.05, 3.63) is 66.2 Å². The predicted octanol–water partition coefficient (Wildman–Crippen LogP) is 3.28. The monoisotopic (exact) mass is 299 g/mol. The molecule has 110 valence electrons. The van der Waals surface area contributed by atoms with Crippen molar-refractivity contribution in [3.8, 4) is 0 Å². The molecule has 0 aliphatic heterocycles. The number of nitrogens with zero attached hydrogens (tertiary/aromatic N) is 1. The summed E-state index contributed by atoms with van der Waals surface area (Å²) in [6.07, 6.45) is 0. The van der Waals surface area contributed by atoms with Gasteiger partial charge in [-0.25, -0.2) is 0 Å². The van der Waals surface area contributed by atoms with Gasteiger partial charge in [0.2, 0.25) is 0 Å². The fourth-order valence-electron chi connectivity index (χ4n) is 2.16. The summed E-state index contributed by atoms with van der Waals surface area (Å²) < 4.78 is 0. The van der Waals surface area contributed by atoms with Crippen molar-refractivity contribution in [3.63, 3.8) is 0 Å². The predicted molar refractivity (Wildman–Crippen MR) is 93.5 cm³/mol. The number of likely N-dealkylation sites (N-methyl/N-ethyl adjacent to an activating group) is 1. The first-order valence-electron chi connectivity index (χ1n) is 6.98. The molecule has 0 bridgehead atoms. The van der Waals surface area contributed by atoms with E-state index in [-0.39, 0.29) is 6.04 Å². The molecule has 0 aliphatic carbocycles. The minimum absolute atomic E-state index is 0.279. The largest absolute Gasteiger partial charge is 0.361 e. The standard InChI is InChI=1S/C17H21N3S/c1-20(2)16(14-9-5-3-6-10-14)13-18-17(21)19-15-11-7-4-8-12-15/h3-12,16H,13H2,1-2H3,(H2,18,19,21). The highest BCUT2D eigenvalue weighted by Crippen LogP contribution is 2.16. The van der Waals surface area contributed by atoms with Crippen molar-refractivity contribution >= 4 is 23.0 Å². The Labute approximate surface area is 132 Å². The van der Waals surface area contributed by atoms with Crippen molar-refractivity contribution in [1.82, 2.24) is 10.2 Å². The molecule has 0 saturated heterocycles. The molecular weight excluding hydrogens is 278 g/mol. The van der Waals surface area contributed by atoms with Gasteiger partial charge in [0.25, 0.3) is 0 Å². The third-order valence-corrected chi connectivity index (χ3v) is 3.54. The van der Waals surface area contributed by atoms with Crippen LogP contribution in [0.4, 0.5) is 5.69 Å². The van der Waals surface area contributed by atoms with Gasteiger partial charge in [0, 0.05) is 12.2 Å². The molecule has 3 nitrogen and oxygen atoms in total. The van der Waals surface area contributed by atoms with Crippen LogP contribution in [0.1, 0.15) is 11.6 Å². The number of anilines is 1. The number of rotatable bonds is 5. The highest BCUT2D eigenvalue weighted by molar-refractivity contribution is 7.80. The molecule has 2 rings (SSSR count). The molecule has 0 aliphatic rings. The van der Waals surface area contributed by atoms with E-state index < -0.39 is 0 Å². The number of hydrogen-bond donors (Lipinski definition) is 2. The van der Waals surface area contributed by atoms with E-state index in [0.29, 0.717) is 5.11 Å². The van der Waals surface area contributed by atoms with Gasteiger partial charge in [-0.3, -0.25) is 0 Å². The average molecular weight is 299 g/mol. The van der Waals surface area contributed by atoms with E-state index in [9.17, 15) is 0 Å². The third-order valence-electron chi connectivity index (χ3n) is 3.30. The first-order valence-corrected chi connectivity index (χ1v) is 7.39. The molecule has 4 heteroatoms. The van der Waals surface area contributed by atoms with E-state index in [1.54, 1.807) is 0 Å². The Morgan fingerprint density at radius 2 is 1.57 bits per heavy atom. The summed E-state index contributed by atoms with van der Waals surface area (Å²) in [6.45, 7) is 0.760. The van der Waals surface area contributed by atoms with Crippen LogP contribution < -0.4 is 10.6 Å². The normalized spacial score (nSPS) is 12.0. The Morgan fingerprint density at radius 3 is 2.14 bits per heavy atom. The van der Waals surface area contributed by atoms with Gasteiger partial charge in [0.05, 0.1) is 6.04 Å². The Morgan fingerprint density at radius 1 is 1.00 bits per heavy atom. The fraction of sp³-hybridized carbons (Fsp3) is 0.235. The SMILES string of the molecule is CN(C)C(CNC(=S)Nc1ccccc1)c1ccccc1. The van der Waals surface area contributed by atoms with Gasteiger partial charge in [-0.1, -0.05) is 48.5 Å². The van der Waals surface area contributed by atoms with Crippen LogP contribution in [0.25, 0.3) is 0 Å². The Balaban J connectivity index is 1.92. The molecule has 0 heterocycles. The minimum atomic E-state index is 0.279. The maximum atomic E-state index is 5.35. The van der Waals surface area contributed by atoms with E-state index in [0.717, 1.165) is 12.2 Å². The van der Waals surface area contributed by atoms with Crippen LogP contribution in [0.3, 0.4) is 0 Å². The molecule has 0 amide bonds. The van der Waals surface area contributed by atoms with Crippen LogP contribution in [-0.2, 0) is 0 Å². The van der Waals surface area contributed by atoms with Crippen molar-refractivity contribution in [2.45, 2.75) is 6.04 Å². The highest BCUT2D eigenvalue weighted by atomic mass is 32.1. The van der Waals surface area contributed by atoms with Gasteiger partial charge in [0.1, 0.15) is 0 Å². The number of para-hydroxylation sites is 1. The van der Waals surface area contributed by atoms with E-state index in [4.69, 9.17) is 12.2 Å². The van der Waals surface area contributed by atoms with Crippen LogP contribution in [0, 0.1) is 0 Å². The zero-order valence-corrected chi connectivity index (χ0v) is 13.2. The summed E-state index contributed by atoms with van der Waals surface area (Å²) in [6, 6.07) is 20.7. The summed E-state index contributed by atoms with van der Waals surface area (Å²) >= 11 is 5.35. The lowest BCUT2D eigenvalue weighted by atomic mass is 10.1. The van der Waals surface area contributed by atoms with Crippen LogP contribution in [0.15, 0.2) is 60.7 Å². The van der Waals surface area contributed by atoms with E-state index in [1.165, 1.54) is 5.56 Å². The summed E-state index contributed by atoms with van der Waals surface area (Å²) in [5, 5.41) is 7.12. The molecule has 0 aromatic heterocycles. The zero-order chi connectivity index (χ0) is 15.1. The second-order valence-electron chi connectivity index (χ2n) is 5.09. The number of nitrogens with one attached hydrogen (secondary N) is 2. The van der Waals surface area contributed by atoms with Gasteiger partial charge in [-0.2, -0.15) is 0 Å². The number of benzene rings is 2. The third kappa shape index (κ3) is 4.85. The second kappa shape index (κ2) is 7.76. The molecule has 2 aromatic rings. The van der Waals surface area contributed by atoms with Gasteiger partial charge in [-0.05, 0) is 44.0 Å². The maximum absolute atomic E-state index is 5.35. The maximum Gasteiger partial charge on any atom is 0.170 e. The Kier molecular flexibility index (Phi) is 5.72. The quantitative estimate of drug-likeness (QED) is 0.829. The molecular formula is C17H21N3S. The van der Waals surface area contributed by atoms with Crippen molar-refractivity contribution in [1.29, 1.82) is 0 Å². The average Bonchev–Trinajstić information content (AvgIpc) is 2.49. The Bertz CT molecular complexity index is 555. The van der Waals surface area contributed by atoms with Gasteiger partial charge >= 0.3 is 0 Å². The lowest BCUT2D eigenvalue weighted by molar-refractivity contribution is 0.299. The van der Waals surface area contributed by atoms with Crippen molar-refractivity contribution < 1.29 is 0 Å². The first kappa shape index (κ1) is 15.5. The van der Waals surface area contributed by atoms with E-state index >= 15 is 0 Å². The topological polar surface area (TPSA) is 27.3 Å². The van der Waals surface area contributed by atoms with Crippen LogP contribution in [-0.4, -0.2) is 30.7 Å². The van der Waals surface area contributed by atoms with Gasteiger partial charge < -0.3 is 15.5 Å². The summed E-state index contributed by atoms with van der Waals surface area (Å²) in [7, 11) is 4.15. The molecule has 2 N–H and O–H groups in total. The number of hydrogen-bond acceptors (Lipinski definition) is 2. The lowest BCUT2D eigenvalue weighted by Gasteiger charge is -2.25. The molecule has 2 aromatic carbocycles. The van der Waals surface area contributed by atoms with Crippen molar-refractivity contribution in [2.75, 3.05) is 26.0 Å². The van der Waals surface area contributed by atoms with Crippen LogP contribution >= 0.6 is 12.2 Å². The van der Waals surface area contributed by atoms with Crippen LogP contribution in [0.2, 0.25) is 0 Å². The molecule has 21 heavy (non-hydrogen) atoms. The molecule has 0 spiro atoms. The van der Waals surface area contributed by atoms with Gasteiger partial charge in [-0.15, -0.1) is 0 Å². The second-order valence-corrected chi connectivity index (χ2v) is 5.50. The summed E-state index contributed by atoms with van der Waals surface area (Å²) in [4.78, 5) is 2.19. The van der Waals surface area contributed by atoms with Crippen molar-refractivity contribution in [2.24, 2.45) is 0 Å². The lowest BCUT2D eigenvalue weighted by Crippen LogP contribution is -2.36. The summed E-state index contributed by atoms with van der Waals surface area (Å²) in [5.41, 5.74) is 2.27. The molecule has 0 radical (unpaired) electrons. The summed E-state index contributed by atoms with van der Waals surface area (Å²) in [5.74, 6) is 0. The van der Waals surface area contributed by atoms with E-state index in [1.807, 2.05) is 36.4 Å². The molecule has 0 saturated carbocycles. The molecule has 1 atom stereocenters. The fourth-order valence-corrected chi connectivity index (χ4v) is 2.36. The molecule has 1 unspecified atom stereocenters. The molecule has 0 fully saturated rings. The van der Waals surface area contributed by atoms with E-state index in [2.05, 4.69) is 53.9 Å². The Hall–Kier alpha value is -1.91. The number of thiocarbonyl (C=S) groups is 1.